The Morgan fingerprint density at radius 3 is 2.41 bits per heavy atom. The third-order valence-electron chi connectivity index (χ3n) is 2.12. The Morgan fingerprint density at radius 2 is 2.00 bits per heavy atom. The summed E-state index contributed by atoms with van der Waals surface area (Å²) in [5.41, 5.74) is -0.701. The molecule has 1 aliphatic rings. The Hall–Kier alpha value is -0.660. The summed E-state index contributed by atoms with van der Waals surface area (Å²) in [4.78, 5) is 11.4. The van der Waals surface area contributed by atoms with Crippen molar-refractivity contribution in [2.24, 2.45) is 0 Å². The molecule has 0 aliphatic heterocycles. The van der Waals surface area contributed by atoms with Gasteiger partial charge < -0.3 is 9.84 Å². The molecule has 1 rings (SSSR count). The van der Waals surface area contributed by atoms with Crippen LogP contribution in [-0.4, -0.2) is 43.0 Å². The van der Waals surface area contributed by atoms with Crippen LogP contribution in [0.5, 0.6) is 0 Å². The third-order valence-corrected chi connectivity index (χ3v) is 4.04. The van der Waals surface area contributed by atoms with Crippen molar-refractivity contribution in [2.75, 3.05) is 6.54 Å². The van der Waals surface area contributed by atoms with Gasteiger partial charge in [-0.1, -0.05) is 0 Å². The van der Waals surface area contributed by atoms with Gasteiger partial charge in [0, 0.05) is 6.54 Å². The number of rotatable bonds is 5. The van der Waals surface area contributed by atoms with E-state index in [2.05, 4.69) is 4.72 Å². The van der Waals surface area contributed by atoms with E-state index < -0.39 is 27.7 Å². The van der Waals surface area contributed by atoms with Crippen molar-refractivity contribution in [2.45, 2.75) is 50.6 Å². The van der Waals surface area contributed by atoms with Gasteiger partial charge in [0.25, 0.3) is 0 Å². The summed E-state index contributed by atoms with van der Waals surface area (Å²) in [5, 5.41) is 9.08. The molecule has 0 heterocycles. The maximum Gasteiger partial charge on any atom is 0.336 e. The van der Waals surface area contributed by atoms with E-state index in [9.17, 15) is 18.3 Å². The van der Waals surface area contributed by atoms with Crippen LogP contribution in [0.4, 0.5) is 0 Å². The van der Waals surface area contributed by atoms with Crippen molar-refractivity contribution in [3.05, 3.63) is 0 Å². The molecule has 100 valence electrons. The molecule has 1 saturated carbocycles. The van der Waals surface area contributed by atoms with Gasteiger partial charge >= 0.3 is 5.97 Å². The second-order valence-electron chi connectivity index (χ2n) is 5.14. The molecular formula is C10H19NO5S. The van der Waals surface area contributed by atoms with Gasteiger partial charge in [-0.3, -0.25) is 0 Å². The molecule has 7 heteroatoms. The average Bonchev–Trinajstić information content (AvgIpc) is 2.94. The highest BCUT2D eigenvalue weighted by Crippen LogP contribution is 2.27. The molecule has 0 radical (unpaired) electrons. The van der Waals surface area contributed by atoms with E-state index in [0.29, 0.717) is 12.8 Å². The van der Waals surface area contributed by atoms with Gasteiger partial charge in [0.05, 0.1) is 5.25 Å². The first-order valence-electron chi connectivity index (χ1n) is 5.51. The fourth-order valence-corrected chi connectivity index (χ4v) is 2.53. The van der Waals surface area contributed by atoms with Gasteiger partial charge in [0.2, 0.25) is 10.0 Å². The Kier molecular flexibility index (Phi) is 4.16. The van der Waals surface area contributed by atoms with Crippen molar-refractivity contribution in [3.8, 4) is 0 Å². The molecule has 0 spiro atoms. The van der Waals surface area contributed by atoms with Crippen LogP contribution in [-0.2, 0) is 19.6 Å². The highest BCUT2D eigenvalue weighted by Gasteiger charge is 2.36. The second-order valence-corrected chi connectivity index (χ2v) is 7.19. The Morgan fingerprint density at radius 1 is 1.47 bits per heavy atom. The van der Waals surface area contributed by atoms with Gasteiger partial charge in [-0.25, -0.2) is 17.9 Å². The van der Waals surface area contributed by atoms with E-state index in [1.807, 2.05) is 0 Å². The summed E-state index contributed by atoms with van der Waals surface area (Å²) in [6.45, 7) is 4.68. The van der Waals surface area contributed by atoms with Crippen LogP contribution in [0.1, 0.15) is 33.6 Å². The van der Waals surface area contributed by atoms with Crippen LogP contribution < -0.4 is 4.72 Å². The number of carbonyl (C=O) groups excluding carboxylic acids is 1. The molecule has 0 aromatic rings. The fourth-order valence-electron chi connectivity index (χ4n) is 1.14. The Balaban J connectivity index is 2.39. The Bertz CT molecular complexity index is 380. The van der Waals surface area contributed by atoms with Gasteiger partial charge in [0.15, 0.2) is 6.10 Å². The van der Waals surface area contributed by atoms with Crippen molar-refractivity contribution < 1.29 is 23.1 Å². The van der Waals surface area contributed by atoms with Crippen molar-refractivity contribution >= 4 is 16.0 Å². The van der Waals surface area contributed by atoms with Crippen LogP contribution in [0.15, 0.2) is 0 Å². The lowest BCUT2D eigenvalue weighted by Crippen LogP contribution is -2.41. The number of nitrogens with one attached hydrogen (secondary N) is 1. The molecular weight excluding hydrogens is 246 g/mol. The molecule has 1 aliphatic carbocycles. The molecule has 0 bridgehead atoms. The summed E-state index contributed by atoms with van der Waals surface area (Å²) in [7, 11) is -3.38. The number of carbonyl (C=O) groups is 1. The van der Waals surface area contributed by atoms with E-state index in [1.54, 1.807) is 20.8 Å². The van der Waals surface area contributed by atoms with Gasteiger partial charge in [-0.05, 0) is 33.6 Å². The summed E-state index contributed by atoms with van der Waals surface area (Å²) >= 11 is 0. The summed E-state index contributed by atoms with van der Waals surface area (Å²) in [6.07, 6.45) is -0.196. The van der Waals surface area contributed by atoms with E-state index in [0.717, 1.165) is 0 Å². The molecule has 0 saturated heterocycles. The molecule has 1 unspecified atom stereocenters. The molecule has 0 aromatic carbocycles. The highest BCUT2D eigenvalue weighted by molar-refractivity contribution is 7.90. The van der Waals surface area contributed by atoms with Crippen molar-refractivity contribution in [1.82, 2.24) is 4.72 Å². The molecule has 17 heavy (non-hydrogen) atoms. The number of esters is 1. The maximum atomic E-state index is 11.4. The van der Waals surface area contributed by atoms with Gasteiger partial charge in [0.1, 0.15) is 5.60 Å². The number of sulfonamides is 1. The lowest BCUT2D eigenvalue weighted by atomic mass is 10.2. The van der Waals surface area contributed by atoms with Crippen molar-refractivity contribution in [1.29, 1.82) is 0 Å². The number of ether oxygens (including phenoxy) is 1. The molecule has 6 nitrogen and oxygen atoms in total. The van der Waals surface area contributed by atoms with E-state index >= 15 is 0 Å². The SMILES string of the molecule is CC(C)(C)OC(=O)C(O)CNS(=O)(=O)C1CC1. The van der Waals surface area contributed by atoms with Crippen LogP contribution >= 0.6 is 0 Å². The summed E-state index contributed by atoms with van der Waals surface area (Å²) < 4.78 is 30.0. The second kappa shape index (κ2) is 4.91. The first-order chi connectivity index (χ1) is 7.62. The zero-order chi connectivity index (χ0) is 13.3. The highest BCUT2D eigenvalue weighted by atomic mass is 32.2. The average molecular weight is 265 g/mol. The predicted molar refractivity (Wildman–Crippen MR) is 61.8 cm³/mol. The number of aliphatic hydroxyl groups is 1. The quantitative estimate of drug-likeness (QED) is 0.670. The minimum atomic E-state index is -3.38. The van der Waals surface area contributed by atoms with Crippen molar-refractivity contribution in [3.63, 3.8) is 0 Å². The van der Waals surface area contributed by atoms with Gasteiger partial charge in [-0.2, -0.15) is 0 Å². The lowest BCUT2D eigenvalue weighted by Gasteiger charge is -2.21. The van der Waals surface area contributed by atoms with E-state index in [4.69, 9.17) is 4.74 Å². The molecule has 1 fully saturated rings. The first kappa shape index (κ1) is 14.4. The maximum absolute atomic E-state index is 11.4. The van der Waals surface area contributed by atoms with Crippen LogP contribution in [0.25, 0.3) is 0 Å². The first-order valence-corrected chi connectivity index (χ1v) is 7.06. The standard InChI is InChI=1S/C10H19NO5S/c1-10(2,3)16-9(13)8(12)6-11-17(14,15)7-4-5-7/h7-8,11-12H,4-6H2,1-3H3. The number of hydrogen-bond donors (Lipinski definition) is 2. The summed E-state index contributed by atoms with van der Waals surface area (Å²) in [5.74, 6) is -0.823. The monoisotopic (exact) mass is 265 g/mol. The Labute approximate surface area is 101 Å². The minimum absolute atomic E-state index is 0.340. The molecule has 0 aromatic heterocycles. The zero-order valence-electron chi connectivity index (χ0n) is 10.3. The largest absolute Gasteiger partial charge is 0.458 e. The third kappa shape index (κ3) is 5.01. The molecule has 1 atom stereocenters. The zero-order valence-corrected chi connectivity index (χ0v) is 11.1. The van der Waals surface area contributed by atoms with Crippen LogP contribution in [0, 0.1) is 0 Å². The van der Waals surface area contributed by atoms with Gasteiger partial charge in [-0.15, -0.1) is 0 Å². The summed E-state index contributed by atoms with van der Waals surface area (Å²) in [6, 6.07) is 0. The van der Waals surface area contributed by atoms with Crippen LogP contribution in [0.3, 0.4) is 0 Å². The number of hydrogen-bond acceptors (Lipinski definition) is 5. The topological polar surface area (TPSA) is 92.7 Å². The molecule has 2 N–H and O–H groups in total. The van der Waals surface area contributed by atoms with Crippen LogP contribution in [0.2, 0.25) is 0 Å². The lowest BCUT2D eigenvalue weighted by molar-refractivity contribution is -0.164. The molecule has 0 amide bonds. The minimum Gasteiger partial charge on any atom is -0.458 e. The predicted octanol–water partition coefficient (Wildman–Crippen LogP) is -0.229. The normalized spacial score (nSPS) is 18.8. The van der Waals surface area contributed by atoms with E-state index in [-0.39, 0.29) is 11.8 Å². The van der Waals surface area contributed by atoms with E-state index in [1.165, 1.54) is 0 Å². The smallest absolute Gasteiger partial charge is 0.336 e. The number of aliphatic hydroxyl groups excluding tert-OH is 1. The fraction of sp³-hybridized carbons (Fsp3) is 0.900.